The number of thiazole rings is 1. The first-order valence-corrected chi connectivity index (χ1v) is 11.0. The highest BCUT2D eigenvalue weighted by molar-refractivity contribution is 7.11. The lowest BCUT2D eigenvalue weighted by Gasteiger charge is -2.24. The van der Waals surface area contributed by atoms with E-state index < -0.39 is 5.60 Å². The quantitative estimate of drug-likeness (QED) is 0.714. The fourth-order valence-electron chi connectivity index (χ4n) is 3.60. The molecule has 2 heterocycles. The van der Waals surface area contributed by atoms with E-state index in [4.69, 9.17) is 21.3 Å². The maximum absolute atomic E-state index is 11.3. The molecule has 6 heteroatoms. The summed E-state index contributed by atoms with van der Waals surface area (Å²) < 4.78 is 5.81. The minimum Gasteiger partial charge on any atom is -0.492 e. The fourth-order valence-corrected chi connectivity index (χ4v) is 4.98. The van der Waals surface area contributed by atoms with E-state index in [9.17, 15) is 5.11 Å². The van der Waals surface area contributed by atoms with Crippen LogP contribution in [0, 0.1) is 6.92 Å². The van der Waals surface area contributed by atoms with E-state index in [1.165, 1.54) is 4.88 Å². The average Bonchev–Trinajstić information content (AvgIpc) is 2.92. The molecule has 0 radical (unpaired) electrons. The molecule has 3 rings (SSSR count). The highest BCUT2D eigenvalue weighted by Gasteiger charge is 2.35. The summed E-state index contributed by atoms with van der Waals surface area (Å²) in [6.07, 6.45) is 4.49. The summed E-state index contributed by atoms with van der Waals surface area (Å²) in [5, 5.41) is 12.8. The summed E-state index contributed by atoms with van der Waals surface area (Å²) >= 11 is 7.77. The topological polar surface area (TPSA) is 45.6 Å². The largest absolute Gasteiger partial charge is 0.492 e. The zero-order chi connectivity index (χ0) is 19.3. The standard InChI is InChI=1S/C21H29ClN2O2S/c1-3-12-24-13-6-10-21(25,11-14-24)20-23-16(2)19(27-20)9-15-26-18-8-5-4-7-17(18)22/h4-5,7-8,25H,3,6,9-15H2,1-2H3/t21-/m0/s1. The van der Waals surface area contributed by atoms with E-state index in [1.54, 1.807) is 11.3 Å². The second kappa shape index (κ2) is 9.37. The van der Waals surface area contributed by atoms with Crippen LogP contribution in [0.2, 0.25) is 5.02 Å². The molecule has 0 spiro atoms. The monoisotopic (exact) mass is 408 g/mol. The second-order valence-corrected chi connectivity index (χ2v) is 8.77. The number of rotatable bonds is 7. The van der Waals surface area contributed by atoms with E-state index in [0.717, 1.165) is 62.4 Å². The van der Waals surface area contributed by atoms with Crippen LogP contribution in [-0.2, 0) is 12.0 Å². The zero-order valence-corrected chi connectivity index (χ0v) is 17.8. The van der Waals surface area contributed by atoms with Gasteiger partial charge in [-0.1, -0.05) is 30.7 Å². The highest BCUT2D eigenvalue weighted by atomic mass is 35.5. The Kier molecular flexibility index (Phi) is 7.15. The van der Waals surface area contributed by atoms with Gasteiger partial charge in [0.1, 0.15) is 16.4 Å². The SMILES string of the molecule is CCCN1CCC[C@@](O)(c2nc(C)c(CCOc3ccccc3Cl)s2)CC1. The van der Waals surface area contributed by atoms with Crippen molar-refractivity contribution < 1.29 is 9.84 Å². The predicted molar refractivity (Wildman–Crippen MR) is 112 cm³/mol. The molecular formula is C21H29ClN2O2S. The van der Waals surface area contributed by atoms with Gasteiger partial charge >= 0.3 is 0 Å². The minimum atomic E-state index is -0.792. The Hall–Kier alpha value is -1.14. The minimum absolute atomic E-state index is 0.551. The molecule has 0 unspecified atom stereocenters. The molecule has 1 N–H and O–H groups in total. The Morgan fingerprint density at radius 2 is 2.11 bits per heavy atom. The first-order chi connectivity index (χ1) is 13.0. The molecule has 1 saturated heterocycles. The van der Waals surface area contributed by atoms with Crippen LogP contribution >= 0.6 is 22.9 Å². The molecule has 0 bridgehead atoms. The summed E-state index contributed by atoms with van der Waals surface area (Å²) in [4.78, 5) is 8.37. The molecule has 27 heavy (non-hydrogen) atoms. The molecule has 1 aromatic carbocycles. The molecule has 1 aliphatic rings. The van der Waals surface area contributed by atoms with Crippen molar-refractivity contribution in [1.29, 1.82) is 0 Å². The lowest BCUT2D eigenvalue weighted by atomic mass is 9.96. The van der Waals surface area contributed by atoms with Crippen LogP contribution < -0.4 is 4.74 Å². The van der Waals surface area contributed by atoms with Crippen LogP contribution in [0.5, 0.6) is 5.75 Å². The van der Waals surface area contributed by atoms with Gasteiger partial charge in [-0.2, -0.15) is 0 Å². The van der Waals surface area contributed by atoms with Crippen molar-refractivity contribution in [2.75, 3.05) is 26.2 Å². The summed E-state index contributed by atoms with van der Waals surface area (Å²) in [5.41, 5.74) is 0.209. The van der Waals surface area contributed by atoms with Crippen molar-refractivity contribution >= 4 is 22.9 Å². The molecule has 1 aromatic heterocycles. The van der Waals surface area contributed by atoms with Crippen LogP contribution in [-0.4, -0.2) is 41.2 Å². The summed E-state index contributed by atoms with van der Waals surface area (Å²) in [5.74, 6) is 0.708. The van der Waals surface area contributed by atoms with Crippen molar-refractivity contribution in [2.24, 2.45) is 0 Å². The lowest BCUT2D eigenvalue weighted by molar-refractivity contribution is 0.0209. The van der Waals surface area contributed by atoms with Gasteiger partial charge in [0.05, 0.1) is 17.3 Å². The maximum Gasteiger partial charge on any atom is 0.137 e. The van der Waals surface area contributed by atoms with Gasteiger partial charge in [0.2, 0.25) is 0 Å². The number of benzene rings is 1. The van der Waals surface area contributed by atoms with Crippen LogP contribution in [0.3, 0.4) is 0 Å². The molecule has 1 atom stereocenters. The van der Waals surface area contributed by atoms with Crippen LogP contribution in [0.15, 0.2) is 24.3 Å². The average molecular weight is 409 g/mol. The number of hydrogen-bond donors (Lipinski definition) is 1. The number of hydrogen-bond acceptors (Lipinski definition) is 5. The van der Waals surface area contributed by atoms with E-state index in [2.05, 4.69) is 11.8 Å². The fraction of sp³-hybridized carbons (Fsp3) is 0.571. The molecule has 2 aromatic rings. The molecule has 1 aliphatic heterocycles. The van der Waals surface area contributed by atoms with Gasteiger partial charge in [-0.25, -0.2) is 4.98 Å². The molecule has 0 amide bonds. The van der Waals surface area contributed by atoms with E-state index >= 15 is 0 Å². The number of aliphatic hydroxyl groups is 1. The third kappa shape index (κ3) is 5.23. The van der Waals surface area contributed by atoms with Crippen molar-refractivity contribution in [2.45, 2.75) is 51.6 Å². The Morgan fingerprint density at radius 3 is 2.89 bits per heavy atom. The second-order valence-electron chi connectivity index (χ2n) is 7.28. The lowest BCUT2D eigenvalue weighted by Crippen LogP contribution is -2.29. The smallest absolute Gasteiger partial charge is 0.137 e. The first kappa shape index (κ1) is 20.6. The van der Waals surface area contributed by atoms with Crippen molar-refractivity contribution in [1.82, 2.24) is 9.88 Å². The molecule has 1 fully saturated rings. The van der Waals surface area contributed by atoms with Crippen LogP contribution in [0.1, 0.15) is 48.2 Å². The van der Waals surface area contributed by atoms with Gasteiger partial charge in [-0.15, -0.1) is 11.3 Å². The van der Waals surface area contributed by atoms with Gasteiger partial charge in [0, 0.05) is 17.8 Å². The number of halogens is 1. The number of nitrogens with zero attached hydrogens (tertiary/aromatic N) is 2. The number of likely N-dealkylation sites (tertiary alicyclic amines) is 1. The summed E-state index contributed by atoms with van der Waals surface area (Å²) in [6.45, 7) is 7.89. The number of para-hydroxylation sites is 1. The van der Waals surface area contributed by atoms with Crippen molar-refractivity contribution in [3.8, 4) is 5.75 Å². The first-order valence-electron chi connectivity index (χ1n) is 9.80. The maximum atomic E-state index is 11.3. The third-order valence-electron chi connectivity index (χ3n) is 5.16. The van der Waals surface area contributed by atoms with Gasteiger partial charge in [0.15, 0.2) is 0 Å². The van der Waals surface area contributed by atoms with Gasteiger partial charge < -0.3 is 14.7 Å². The van der Waals surface area contributed by atoms with Crippen molar-refractivity contribution in [3.63, 3.8) is 0 Å². The number of ether oxygens (including phenoxy) is 1. The van der Waals surface area contributed by atoms with Crippen LogP contribution in [0.4, 0.5) is 0 Å². The molecule has 0 aliphatic carbocycles. The Balaban J connectivity index is 1.62. The predicted octanol–water partition coefficient (Wildman–Crippen LogP) is 4.81. The molecular weight excluding hydrogens is 380 g/mol. The van der Waals surface area contributed by atoms with E-state index in [0.29, 0.717) is 17.4 Å². The van der Waals surface area contributed by atoms with Gasteiger partial charge in [0.25, 0.3) is 0 Å². The normalized spacial score (nSPS) is 21.2. The third-order valence-corrected chi connectivity index (χ3v) is 6.88. The molecule has 148 valence electrons. The number of aryl methyl sites for hydroxylation is 1. The van der Waals surface area contributed by atoms with Gasteiger partial charge in [-0.05, 0) is 57.8 Å². The van der Waals surface area contributed by atoms with Crippen LogP contribution in [0.25, 0.3) is 0 Å². The molecule has 4 nitrogen and oxygen atoms in total. The number of aromatic nitrogens is 1. The molecule has 0 saturated carbocycles. The Labute approximate surface area is 171 Å². The Bertz CT molecular complexity index is 752. The zero-order valence-electron chi connectivity index (χ0n) is 16.2. The summed E-state index contributed by atoms with van der Waals surface area (Å²) in [7, 11) is 0. The highest BCUT2D eigenvalue weighted by Crippen LogP contribution is 2.36. The van der Waals surface area contributed by atoms with E-state index in [1.807, 2.05) is 31.2 Å². The van der Waals surface area contributed by atoms with Gasteiger partial charge in [-0.3, -0.25) is 0 Å². The van der Waals surface area contributed by atoms with Crippen molar-refractivity contribution in [3.05, 3.63) is 44.9 Å². The Morgan fingerprint density at radius 1 is 1.30 bits per heavy atom. The van der Waals surface area contributed by atoms with E-state index in [-0.39, 0.29) is 0 Å². The summed E-state index contributed by atoms with van der Waals surface area (Å²) in [6, 6.07) is 7.52.